The molecule has 2 fully saturated rings. The summed E-state index contributed by atoms with van der Waals surface area (Å²) in [6.07, 6.45) is 7.93. The standard InChI is InChI=1S/C19H26N6O2/c20-17(26)12-18-22-19(25(23-18)16-3-7-21-8-4-16)14-2-1-9-24(13-14)15-5-10-27-11-6-15/h3-4,7-8,14-15H,1-2,5-6,9-13H2,(H2,20,26). The summed E-state index contributed by atoms with van der Waals surface area (Å²) in [4.78, 5) is 22.7. The number of piperidine rings is 1. The molecule has 2 aromatic heterocycles. The molecule has 1 amide bonds. The number of nitrogens with two attached hydrogens (primary N) is 1. The molecule has 8 heteroatoms. The van der Waals surface area contributed by atoms with Crippen molar-refractivity contribution in [2.75, 3.05) is 26.3 Å². The molecule has 4 rings (SSSR count). The molecule has 1 unspecified atom stereocenters. The van der Waals surface area contributed by atoms with Gasteiger partial charge in [-0.15, -0.1) is 0 Å². The molecule has 8 nitrogen and oxygen atoms in total. The van der Waals surface area contributed by atoms with Gasteiger partial charge < -0.3 is 10.5 Å². The number of hydrogen-bond acceptors (Lipinski definition) is 6. The van der Waals surface area contributed by atoms with Crippen molar-refractivity contribution in [3.8, 4) is 5.69 Å². The maximum absolute atomic E-state index is 11.4. The molecule has 144 valence electrons. The maximum atomic E-state index is 11.4. The van der Waals surface area contributed by atoms with Gasteiger partial charge in [-0.05, 0) is 44.4 Å². The van der Waals surface area contributed by atoms with Crippen molar-refractivity contribution >= 4 is 5.91 Å². The average molecular weight is 370 g/mol. The number of hydrogen-bond donors (Lipinski definition) is 1. The molecule has 1 atom stereocenters. The number of pyridine rings is 1. The fourth-order valence-electron chi connectivity index (χ4n) is 4.14. The van der Waals surface area contributed by atoms with Crippen molar-refractivity contribution in [3.63, 3.8) is 0 Å². The Bertz CT molecular complexity index is 772. The first-order valence-corrected chi connectivity index (χ1v) is 9.67. The molecule has 0 saturated carbocycles. The Morgan fingerprint density at radius 3 is 2.74 bits per heavy atom. The van der Waals surface area contributed by atoms with E-state index in [0.717, 1.165) is 63.5 Å². The second-order valence-corrected chi connectivity index (χ2v) is 7.32. The van der Waals surface area contributed by atoms with Gasteiger partial charge in [-0.25, -0.2) is 9.67 Å². The van der Waals surface area contributed by atoms with Gasteiger partial charge in [0.1, 0.15) is 5.82 Å². The Morgan fingerprint density at radius 2 is 2.00 bits per heavy atom. The Labute approximate surface area is 158 Å². The first-order valence-electron chi connectivity index (χ1n) is 9.67. The summed E-state index contributed by atoms with van der Waals surface area (Å²) >= 11 is 0. The molecular weight excluding hydrogens is 344 g/mol. The summed E-state index contributed by atoms with van der Waals surface area (Å²) in [5.74, 6) is 1.26. The largest absolute Gasteiger partial charge is 0.381 e. The summed E-state index contributed by atoms with van der Waals surface area (Å²) in [5.41, 5.74) is 6.27. The molecule has 0 aromatic carbocycles. The third-order valence-electron chi connectivity index (χ3n) is 5.44. The van der Waals surface area contributed by atoms with E-state index >= 15 is 0 Å². The molecule has 2 saturated heterocycles. The van der Waals surface area contributed by atoms with Crippen molar-refractivity contribution in [2.45, 2.75) is 44.1 Å². The SMILES string of the molecule is NC(=O)Cc1nc(C2CCCN(C3CCOCC3)C2)n(-c2ccncc2)n1. The third-order valence-corrected chi connectivity index (χ3v) is 5.44. The summed E-state index contributed by atoms with van der Waals surface area (Å²) in [5, 5.41) is 4.57. The van der Waals surface area contributed by atoms with E-state index in [4.69, 9.17) is 15.5 Å². The van der Waals surface area contributed by atoms with E-state index in [-0.39, 0.29) is 12.3 Å². The van der Waals surface area contributed by atoms with Gasteiger partial charge >= 0.3 is 0 Å². The number of ether oxygens (including phenoxy) is 1. The molecule has 2 aromatic rings. The second kappa shape index (κ2) is 8.14. The van der Waals surface area contributed by atoms with Crippen molar-refractivity contribution in [2.24, 2.45) is 5.73 Å². The van der Waals surface area contributed by atoms with Gasteiger partial charge in [-0.3, -0.25) is 14.7 Å². The van der Waals surface area contributed by atoms with E-state index in [0.29, 0.717) is 11.9 Å². The number of aromatic nitrogens is 4. The Hall–Kier alpha value is -2.32. The van der Waals surface area contributed by atoms with Gasteiger partial charge in [0.05, 0.1) is 12.1 Å². The maximum Gasteiger partial charge on any atom is 0.225 e. The Kier molecular flexibility index (Phi) is 5.45. The van der Waals surface area contributed by atoms with Crippen molar-refractivity contribution in [1.82, 2.24) is 24.6 Å². The predicted octanol–water partition coefficient (Wildman–Crippen LogP) is 1.05. The van der Waals surface area contributed by atoms with E-state index in [1.165, 1.54) is 0 Å². The lowest BCUT2D eigenvalue weighted by Crippen LogP contribution is -2.45. The van der Waals surface area contributed by atoms with E-state index in [1.54, 1.807) is 12.4 Å². The smallest absolute Gasteiger partial charge is 0.225 e. The highest BCUT2D eigenvalue weighted by Gasteiger charge is 2.31. The van der Waals surface area contributed by atoms with Crippen LogP contribution in [0, 0.1) is 0 Å². The minimum Gasteiger partial charge on any atom is -0.381 e. The monoisotopic (exact) mass is 370 g/mol. The first-order chi connectivity index (χ1) is 13.2. The van der Waals surface area contributed by atoms with Crippen LogP contribution >= 0.6 is 0 Å². The number of amides is 1. The Morgan fingerprint density at radius 1 is 1.22 bits per heavy atom. The van der Waals surface area contributed by atoms with Gasteiger partial charge in [0, 0.05) is 44.1 Å². The van der Waals surface area contributed by atoms with E-state index in [1.807, 2.05) is 16.8 Å². The molecule has 0 aliphatic carbocycles. The van der Waals surface area contributed by atoms with Crippen LogP contribution in [0.1, 0.15) is 43.3 Å². The summed E-state index contributed by atoms with van der Waals surface area (Å²) in [7, 11) is 0. The van der Waals surface area contributed by atoms with Crippen molar-refractivity contribution < 1.29 is 9.53 Å². The highest BCUT2D eigenvalue weighted by molar-refractivity contribution is 5.75. The van der Waals surface area contributed by atoms with Crippen molar-refractivity contribution in [1.29, 1.82) is 0 Å². The van der Waals surface area contributed by atoms with Gasteiger partial charge in [0.25, 0.3) is 0 Å². The van der Waals surface area contributed by atoms with Crippen LogP contribution in [0.2, 0.25) is 0 Å². The molecule has 0 spiro atoms. The summed E-state index contributed by atoms with van der Waals surface area (Å²) in [6, 6.07) is 4.40. The van der Waals surface area contributed by atoms with Crippen LogP contribution in [0.25, 0.3) is 5.69 Å². The zero-order valence-corrected chi connectivity index (χ0v) is 15.5. The molecule has 2 N–H and O–H groups in total. The highest BCUT2D eigenvalue weighted by Crippen LogP contribution is 2.30. The van der Waals surface area contributed by atoms with Crippen LogP contribution in [0.3, 0.4) is 0 Å². The van der Waals surface area contributed by atoms with E-state index < -0.39 is 5.91 Å². The quantitative estimate of drug-likeness (QED) is 0.844. The van der Waals surface area contributed by atoms with Gasteiger partial charge in [0.2, 0.25) is 5.91 Å². The second-order valence-electron chi connectivity index (χ2n) is 7.32. The van der Waals surface area contributed by atoms with Gasteiger partial charge in [-0.2, -0.15) is 5.10 Å². The zero-order chi connectivity index (χ0) is 18.6. The molecule has 0 bridgehead atoms. The first kappa shape index (κ1) is 18.1. The minimum atomic E-state index is -0.416. The third kappa shape index (κ3) is 4.17. The topological polar surface area (TPSA) is 99.2 Å². The molecule has 2 aliphatic rings. The number of primary amides is 1. The zero-order valence-electron chi connectivity index (χ0n) is 15.5. The van der Waals surface area contributed by atoms with Gasteiger partial charge in [0.15, 0.2) is 5.82 Å². The molecule has 4 heterocycles. The van der Waals surface area contributed by atoms with Crippen LogP contribution in [-0.4, -0.2) is 62.9 Å². The highest BCUT2D eigenvalue weighted by atomic mass is 16.5. The molecule has 2 aliphatic heterocycles. The molecule has 27 heavy (non-hydrogen) atoms. The number of carbonyl (C=O) groups excluding carboxylic acids is 1. The summed E-state index contributed by atoms with van der Waals surface area (Å²) in [6.45, 7) is 3.78. The average Bonchev–Trinajstić information content (AvgIpc) is 3.12. The number of carbonyl (C=O) groups is 1. The van der Waals surface area contributed by atoms with E-state index in [9.17, 15) is 4.79 Å². The molecular formula is C19H26N6O2. The Balaban J connectivity index is 1.61. The lowest BCUT2D eigenvalue weighted by atomic mass is 9.94. The number of likely N-dealkylation sites (tertiary alicyclic amines) is 1. The van der Waals surface area contributed by atoms with Crippen LogP contribution < -0.4 is 5.73 Å². The van der Waals surface area contributed by atoms with Crippen molar-refractivity contribution in [3.05, 3.63) is 36.2 Å². The van der Waals surface area contributed by atoms with Crippen LogP contribution in [0.4, 0.5) is 0 Å². The normalized spacial score (nSPS) is 22.0. The van der Waals surface area contributed by atoms with Crippen LogP contribution in [-0.2, 0) is 16.0 Å². The lowest BCUT2D eigenvalue weighted by Gasteiger charge is -2.39. The predicted molar refractivity (Wildman–Crippen MR) is 99.4 cm³/mol. The fourth-order valence-corrected chi connectivity index (χ4v) is 4.14. The number of rotatable bonds is 5. The minimum absolute atomic E-state index is 0.0570. The number of nitrogens with zero attached hydrogens (tertiary/aromatic N) is 5. The van der Waals surface area contributed by atoms with Crippen LogP contribution in [0.15, 0.2) is 24.5 Å². The fraction of sp³-hybridized carbons (Fsp3) is 0.579. The van der Waals surface area contributed by atoms with Gasteiger partial charge in [-0.1, -0.05) is 0 Å². The van der Waals surface area contributed by atoms with E-state index in [2.05, 4.69) is 15.0 Å². The summed E-state index contributed by atoms with van der Waals surface area (Å²) < 4.78 is 7.38. The molecule has 0 radical (unpaired) electrons. The lowest BCUT2D eigenvalue weighted by molar-refractivity contribution is -0.117. The van der Waals surface area contributed by atoms with Crippen LogP contribution in [0.5, 0.6) is 0 Å².